The summed E-state index contributed by atoms with van der Waals surface area (Å²) in [5.41, 5.74) is 1.16. The quantitative estimate of drug-likeness (QED) is 0.760. The van der Waals surface area contributed by atoms with E-state index in [0.29, 0.717) is 6.42 Å². The maximum absolute atomic E-state index is 10.3. The number of aliphatic hydroxyl groups is 1. The molecule has 1 aromatic carbocycles. The molecule has 0 aromatic heterocycles. The van der Waals surface area contributed by atoms with Crippen LogP contribution in [0.25, 0.3) is 0 Å². The lowest BCUT2D eigenvalue weighted by Gasteiger charge is -2.07. The Bertz CT molecular complexity index is 345. The number of ether oxygens (including phenoxy) is 1. The largest absolute Gasteiger partial charge is 0.497 e. The Kier molecular flexibility index (Phi) is 5.49. The van der Waals surface area contributed by atoms with E-state index in [1.54, 1.807) is 7.11 Å². The maximum Gasteiger partial charge on any atom is 0.305 e. The number of aliphatic carboxylic acids is 1. The molecule has 0 aliphatic rings. The minimum Gasteiger partial charge on any atom is -0.497 e. The Balaban J connectivity index is 2.28. The van der Waals surface area contributed by atoms with Gasteiger partial charge in [-0.05, 0) is 37.0 Å². The van der Waals surface area contributed by atoms with Crippen LogP contribution in [0.15, 0.2) is 24.3 Å². The Hall–Kier alpha value is -1.55. The fraction of sp³-hybridized carbons (Fsp3) is 0.462. The number of rotatable bonds is 7. The van der Waals surface area contributed by atoms with Gasteiger partial charge < -0.3 is 14.9 Å². The molecule has 0 saturated carbocycles. The molecule has 1 atom stereocenters. The van der Waals surface area contributed by atoms with Crippen LogP contribution in [0.5, 0.6) is 5.75 Å². The van der Waals surface area contributed by atoms with Crippen LogP contribution in [0.2, 0.25) is 0 Å². The number of methoxy groups -OCH3 is 1. The van der Waals surface area contributed by atoms with Crippen molar-refractivity contribution in [3.63, 3.8) is 0 Å². The molecule has 4 heteroatoms. The molecule has 0 saturated heterocycles. The zero-order chi connectivity index (χ0) is 12.7. The van der Waals surface area contributed by atoms with Crippen LogP contribution < -0.4 is 4.74 Å². The van der Waals surface area contributed by atoms with Gasteiger partial charge in [0.15, 0.2) is 0 Å². The van der Waals surface area contributed by atoms with Gasteiger partial charge in [0.1, 0.15) is 5.75 Å². The molecule has 0 amide bonds. The highest BCUT2D eigenvalue weighted by atomic mass is 16.5. The first-order valence-electron chi connectivity index (χ1n) is 5.64. The minimum absolute atomic E-state index is 0.178. The maximum atomic E-state index is 10.3. The van der Waals surface area contributed by atoms with E-state index in [4.69, 9.17) is 9.84 Å². The molecule has 1 rings (SSSR count). The third-order valence-electron chi connectivity index (χ3n) is 2.57. The third kappa shape index (κ3) is 5.36. The van der Waals surface area contributed by atoms with Gasteiger partial charge in [0.2, 0.25) is 0 Å². The van der Waals surface area contributed by atoms with E-state index in [9.17, 15) is 9.90 Å². The van der Waals surface area contributed by atoms with Crippen molar-refractivity contribution < 1.29 is 19.7 Å². The topological polar surface area (TPSA) is 66.8 Å². The zero-order valence-electron chi connectivity index (χ0n) is 9.93. The molecule has 94 valence electrons. The molecule has 0 aliphatic heterocycles. The molecular weight excluding hydrogens is 220 g/mol. The lowest BCUT2D eigenvalue weighted by atomic mass is 10.0. The van der Waals surface area contributed by atoms with Crippen molar-refractivity contribution in [2.75, 3.05) is 7.11 Å². The lowest BCUT2D eigenvalue weighted by molar-refractivity contribution is -0.139. The molecule has 0 bridgehead atoms. The first kappa shape index (κ1) is 13.5. The Morgan fingerprint density at radius 1 is 1.35 bits per heavy atom. The van der Waals surface area contributed by atoms with Crippen LogP contribution in [-0.4, -0.2) is 29.4 Å². The normalized spacial score (nSPS) is 12.1. The number of aryl methyl sites for hydroxylation is 1. The van der Waals surface area contributed by atoms with E-state index in [-0.39, 0.29) is 6.42 Å². The predicted octanol–water partition coefficient (Wildman–Crippen LogP) is 1.85. The van der Waals surface area contributed by atoms with Crippen LogP contribution >= 0.6 is 0 Å². The van der Waals surface area contributed by atoms with Crippen molar-refractivity contribution in [2.24, 2.45) is 0 Å². The fourth-order valence-corrected chi connectivity index (χ4v) is 1.64. The highest BCUT2D eigenvalue weighted by molar-refractivity contribution is 5.67. The van der Waals surface area contributed by atoms with Gasteiger partial charge in [-0.2, -0.15) is 0 Å². The van der Waals surface area contributed by atoms with Crippen molar-refractivity contribution in [2.45, 2.75) is 31.8 Å². The Morgan fingerprint density at radius 2 is 2.00 bits per heavy atom. The van der Waals surface area contributed by atoms with Gasteiger partial charge in [-0.1, -0.05) is 12.1 Å². The number of carboxylic acids is 1. The third-order valence-corrected chi connectivity index (χ3v) is 2.57. The molecule has 17 heavy (non-hydrogen) atoms. The summed E-state index contributed by atoms with van der Waals surface area (Å²) in [5.74, 6) is -0.137. The van der Waals surface area contributed by atoms with E-state index in [1.807, 2.05) is 24.3 Å². The second-order valence-corrected chi connectivity index (χ2v) is 3.99. The summed E-state index contributed by atoms with van der Waals surface area (Å²) in [5, 5.41) is 17.9. The second-order valence-electron chi connectivity index (χ2n) is 3.99. The number of hydrogen-bond donors (Lipinski definition) is 2. The SMILES string of the molecule is COc1ccc(CCC[C@@H](O)CC(=O)O)cc1. The van der Waals surface area contributed by atoms with Gasteiger partial charge in [-0.25, -0.2) is 0 Å². The Morgan fingerprint density at radius 3 is 2.53 bits per heavy atom. The molecule has 0 spiro atoms. The molecule has 0 heterocycles. The lowest BCUT2D eigenvalue weighted by Crippen LogP contribution is -2.12. The summed E-state index contributed by atoms with van der Waals surface area (Å²) in [6.45, 7) is 0. The van der Waals surface area contributed by atoms with Gasteiger partial charge in [0.05, 0.1) is 19.6 Å². The summed E-state index contributed by atoms with van der Waals surface area (Å²) in [6.07, 6.45) is 1.20. The van der Waals surface area contributed by atoms with Crippen LogP contribution in [0.1, 0.15) is 24.8 Å². The molecule has 4 nitrogen and oxygen atoms in total. The second kappa shape index (κ2) is 6.91. The first-order chi connectivity index (χ1) is 8.11. The van der Waals surface area contributed by atoms with Crippen LogP contribution in [0, 0.1) is 0 Å². The molecule has 0 fully saturated rings. The average Bonchev–Trinajstić information content (AvgIpc) is 2.29. The fourth-order valence-electron chi connectivity index (χ4n) is 1.64. The monoisotopic (exact) mass is 238 g/mol. The van der Waals surface area contributed by atoms with E-state index < -0.39 is 12.1 Å². The zero-order valence-corrected chi connectivity index (χ0v) is 9.93. The number of carbonyl (C=O) groups is 1. The molecule has 0 aliphatic carbocycles. The number of hydrogen-bond acceptors (Lipinski definition) is 3. The standard InChI is InChI=1S/C13H18O4/c1-17-12-7-5-10(6-8-12)3-2-4-11(14)9-13(15)16/h5-8,11,14H,2-4,9H2,1H3,(H,15,16)/t11-/m1/s1. The summed E-state index contributed by atoms with van der Waals surface area (Å²) in [4.78, 5) is 10.3. The number of carboxylic acid groups (broad SMARTS) is 1. The van der Waals surface area contributed by atoms with E-state index in [0.717, 1.165) is 24.2 Å². The van der Waals surface area contributed by atoms with Gasteiger partial charge >= 0.3 is 5.97 Å². The van der Waals surface area contributed by atoms with Crippen LogP contribution in [0.4, 0.5) is 0 Å². The molecular formula is C13H18O4. The summed E-state index contributed by atoms with van der Waals surface area (Å²) < 4.78 is 5.05. The van der Waals surface area contributed by atoms with E-state index in [1.165, 1.54) is 0 Å². The highest BCUT2D eigenvalue weighted by Crippen LogP contribution is 2.14. The highest BCUT2D eigenvalue weighted by Gasteiger charge is 2.08. The summed E-state index contributed by atoms with van der Waals surface area (Å²) in [7, 11) is 1.62. The average molecular weight is 238 g/mol. The minimum atomic E-state index is -0.957. The Labute approximate surface area is 101 Å². The van der Waals surface area contributed by atoms with Gasteiger partial charge in [0, 0.05) is 0 Å². The van der Waals surface area contributed by atoms with E-state index >= 15 is 0 Å². The van der Waals surface area contributed by atoms with Crippen molar-refractivity contribution in [1.82, 2.24) is 0 Å². The number of aliphatic hydroxyl groups excluding tert-OH is 1. The van der Waals surface area contributed by atoms with Gasteiger partial charge in [-0.3, -0.25) is 4.79 Å². The first-order valence-corrected chi connectivity index (χ1v) is 5.64. The molecule has 2 N–H and O–H groups in total. The molecule has 1 aromatic rings. The van der Waals surface area contributed by atoms with E-state index in [2.05, 4.69) is 0 Å². The molecule has 0 unspecified atom stereocenters. The smallest absolute Gasteiger partial charge is 0.305 e. The summed E-state index contributed by atoms with van der Waals surface area (Å²) in [6, 6.07) is 7.73. The van der Waals surface area contributed by atoms with Crippen LogP contribution in [-0.2, 0) is 11.2 Å². The van der Waals surface area contributed by atoms with Crippen molar-refractivity contribution in [3.05, 3.63) is 29.8 Å². The van der Waals surface area contributed by atoms with Gasteiger partial charge in [-0.15, -0.1) is 0 Å². The number of benzene rings is 1. The van der Waals surface area contributed by atoms with Crippen molar-refractivity contribution in [3.8, 4) is 5.75 Å². The van der Waals surface area contributed by atoms with Crippen LogP contribution in [0.3, 0.4) is 0 Å². The molecule has 0 radical (unpaired) electrons. The van der Waals surface area contributed by atoms with Crippen molar-refractivity contribution in [1.29, 1.82) is 0 Å². The van der Waals surface area contributed by atoms with Crippen molar-refractivity contribution >= 4 is 5.97 Å². The predicted molar refractivity (Wildman–Crippen MR) is 64.2 cm³/mol. The summed E-state index contributed by atoms with van der Waals surface area (Å²) >= 11 is 0. The van der Waals surface area contributed by atoms with Gasteiger partial charge in [0.25, 0.3) is 0 Å².